The van der Waals surface area contributed by atoms with Crippen molar-refractivity contribution in [2.45, 2.75) is 52.1 Å². The lowest BCUT2D eigenvalue weighted by molar-refractivity contribution is -0.123. The largest absolute Gasteiger partial charge is 0.381 e. The van der Waals surface area contributed by atoms with Crippen LogP contribution >= 0.6 is 0 Å². The average Bonchev–Trinajstić information content (AvgIpc) is 2.19. The molecule has 0 aromatic rings. The third-order valence-electron chi connectivity index (χ3n) is 3.53. The molecule has 0 amide bonds. The van der Waals surface area contributed by atoms with Crippen molar-refractivity contribution in [3.8, 4) is 0 Å². The second kappa shape index (κ2) is 5.50. The predicted molar refractivity (Wildman–Crippen MR) is 57.2 cm³/mol. The summed E-state index contributed by atoms with van der Waals surface area (Å²) in [5, 5.41) is 0. The Hall–Kier alpha value is -0.370. The lowest BCUT2D eigenvalue weighted by Crippen LogP contribution is -2.29. The summed E-state index contributed by atoms with van der Waals surface area (Å²) in [6.45, 7) is 3.84. The highest BCUT2D eigenvalue weighted by molar-refractivity contribution is 5.78. The molecule has 0 aromatic carbocycles. The van der Waals surface area contributed by atoms with Gasteiger partial charge in [0.1, 0.15) is 5.78 Å². The Kier molecular flexibility index (Phi) is 4.59. The van der Waals surface area contributed by atoms with Gasteiger partial charge in [0.05, 0.1) is 6.10 Å². The number of rotatable bonds is 4. The van der Waals surface area contributed by atoms with Crippen molar-refractivity contribution < 1.29 is 9.53 Å². The van der Waals surface area contributed by atoms with Gasteiger partial charge in [-0.15, -0.1) is 0 Å². The topological polar surface area (TPSA) is 26.3 Å². The molecule has 2 heteroatoms. The molecule has 2 nitrogen and oxygen atoms in total. The monoisotopic (exact) mass is 198 g/mol. The molecule has 14 heavy (non-hydrogen) atoms. The van der Waals surface area contributed by atoms with Gasteiger partial charge in [-0.25, -0.2) is 0 Å². The highest BCUT2D eigenvalue weighted by Gasteiger charge is 2.29. The molecule has 0 radical (unpaired) electrons. The summed E-state index contributed by atoms with van der Waals surface area (Å²) in [4.78, 5) is 11.4. The first-order valence-corrected chi connectivity index (χ1v) is 5.72. The molecule has 3 atom stereocenters. The molecule has 1 fully saturated rings. The Bertz CT molecular complexity index is 189. The average molecular weight is 198 g/mol. The minimum atomic E-state index is 0.271. The number of ketones is 1. The molecule has 1 saturated carbocycles. The molecule has 0 aliphatic heterocycles. The van der Waals surface area contributed by atoms with E-state index in [1.807, 2.05) is 0 Å². The fraction of sp³-hybridized carbons (Fsp3) is 0.917. The SMILES string of the molecule is CCC(C(C)=O)C1CCCC(OC)C1. The Balaban J connectivity index is 2.53. The van der Waals surface area contributed by atoms with Gasteiger partial charge in [0.15, 0.2) is 0 Å². The number of Topliss-reactive ketones (excluding diaryl/α,β-unsaturated/α-hetero) is 1. The van der Waals surface area contributed by atoms with Gasteiger partial charge < -0.3 is 4.74 Å². The highest BCUT2D eigenvalue weighted by atomic mass is 16.5. The smallest absolute Gasteiger partial charge is 0.133 e. The zero-order valence-corrected chi connectivity index (χ0v) is 9.58. The Labute approximate surface area is 87.0 Å². The van der Waals surface area contributed by atoms with E-state index in [1.165, 1.54) is 19.3 Å². The van der Waals surface area contributed by atoms with Crippen LogP contribution in [-0.4, -0.2) is 19.0 Å². The van der Waals surface area contributed by atoms with E-state index in [4.69, 9.17) is 4.74 Å². The van der Waals surface area contributed by atoms with E-state index in [0.29, 0.717) is 17.8 Å². The van der Waals surface area contributed by atoms with Gasteiger partial charge in [0.25, 0.3) is 0 Å². The molecule has 0 spiro atoms. The number of hydrogen-bond donors (Lipinski definition) is 0. The molecular weight excluding hydrogens is 176 g/mol. The van der Waals surface area contributed by atoms with Crippen LogP contribution in [0.1, 0.15) is 46.0 Å². The van der Waals surface area contributed by atoms with Gasteiger partial charge in [-0.1, -0.05) is 13.3 Å². The van der Waals surface area contributed by atoms with Gasteiger partial charge >= 0.3 is 0 Å². The van der Waals surface area contributed by atoms with Crippen molar-refractivity contribution in [1.82, 2.24) is 0 Å². The van der Waals surface area contributed by atoms with E-state index in [1.54, 1.807) is 14.0 Å². The number of carbonyl (C=O) groups excluding carboxylic acids is 1. The summed E-state index contributed by atoms with van der Waals surface area (Å²) >= 11 is 0. The normalized spacial score (nSPS) is 29.9. The van der Waals surface area contributed by atoms with Gasteiger partial charge in [-0.3, -0.25) is 4.79 Å². The Morgan fingerprint density at radius 2 is 2.21 bits per heavy atom. The lowest BCUT2D eigenvalue weighted by Gasteiger charge is -2.32. The van der Waals surface area contributed by atoms with E-state index in [2.05, 4.69) is 6.92 Å². The molecule has 3 unspecified atom stereocenters. The van der Waals surface area contributed by atoms with Crippen molar-refractivity contribution in [2.24, 2.45) is 11.8 Å². The fourth-order valence-electron chi connectivity index (χ4n) is 2.71. The lowest BCUT2D eigenvalue weighted by atomic mass is 9.76. The Morgan fingerprint density at radius 3 is 2.71 bits per heavy atom. The van der Waals surface area contributed by atoms with Crippen molar-refractivity contribution in [3.05, 3.63) is 0 Å². The van der Waals surface area contributed by atoms with E-state index >= 15 is 0 Å². The molecular formula is C12H22O2. The zero-order chi connectivity index (χ0) is 10.6. The van der Waals surface area contributed by atoms with Crippen LogP contribution in [0.5, 0.6) is 0 Å². The first-order chi connectivity index (χ1) is 6.69. The van der Waals surface area contributed by atoms with Crippen molar-refractivity contribution in [3.63, 3.8) is 0 Å². The third kappa shape index (κ3) is 2.81. The summed E-state index contributed by atoms with van der Waals surface area (Å²) < 4.78 is 5.38. The molecule has 1 rings (SSSR count). The molecule has 0 N–H and O–H groups in total. The van der Waals surface area contributed by atoms with Crippen LogP contribution in [0.15, 0.2) is 0 Å². The summed E-state index contributed by atoms with van der Waals surface area (Å²) in [5.74, 6) is 1.19. The first-order valence-electron chi connectivity index (χ1n) is 5.72. The maximum atomic E-state index is 11.4. The zero-order valence-electron chi connectivity index (χ0n) is 9.58. The number of carbonyl (C=O) groups is 1. The maximum Gasteiger partial charge on any atom is 0.133 e. The van der Waals surface area contributed by atoms with Crippen LogP contribution in [0, 0.1) is 11.8 Å². The predicted octanol–water partition coefficient (Wildman–Crippen LogP) is 2.81. The molecule has 1 aliphatic rings. The Morgan fingerprint density at radius 1 is 1.50 bits per heavy atom. The van der Waals surface area contributed by atoms with Crippen molar-refractivity contribution in [2.75, 3.05) is 7.11 Å². The van der Waals surface area contributed by atoms with E-state index in [9.17, 15) is 4.79 Å². The minimum Gasteiger partial charge on any atom is -0.381 e. The van der Waals surface area contributed by atoms with E-state index < -0.39 is 0 Å². The highest BCUT2D eigenvalue weighted by Crippen LogP contribution is 2.33. The van der Waals surface area contributed by atoms with Crippen LogP contribution in [-0.2, 0) is 9.53 Å². The van der Waals surface area contributed by atoms with Crippen molar-refractivity contribution in [1.29, 1.82) is 0 Å². The fourth-order valence-corrected chi connectivity index (χ4v) is 2.71. The molecule has 1 aliphatic carbocycles. The first kappa shape index (κ1) is 11.7. The second-order valence-electron chi connectivity index (χ2n) is 4.41. The van der Waals surface area contributed by atoms with Crippen molar-refractivity contribution >= 4 is 5.78 Å². The van der Waals surface area contributed by atoms with E-state index in [0.717, 1.165) is 12.8 Å². The molecule has 0 aromatic heterocycles. The van der Waals surface area contributed by atoms with Gasteiger partial charge in [-0.2, -0.15) is 0 Å². The van der Waals surface area contributed by atoms with Crippen LogP contribution in [0.4, 0.5) is 0 Å². The minimum absolute atomic E-state index is 0.271. The van der Waals surface area contributed by atoms with Crippen LogP contribution in [0.2, 0.25) is 0 Å². The quantitative estimate of drug-likeness (QED) is 0.694. The number of methoxy groups -OCH3 is 1. The second-order valence-corrected chi connectivity index (χ2v) is 4.41. The molecule has 82 valence electrons. The third-order valence-corrected chi connectivity index (χ3v) is 3.53. The summed E-state index contributed by atoms with van der Waals surface area (Å²) in [7, 11) is 1.78. The van der Waals surface area contributed by atoms with Gasteiger partial charge in [0.2, 0.25) is 0 Å². The molecule has 0 saturated heterocycles. The van der Waals surface area contributed by atoms with E-state index in [-0.39, 0.29) is 5.92 Å². The summed E-state index contributed by atoms with van der Waals surface area (Å²) in [6.07, 6.45) is 6.04. The van der Waals surface area contributed by atoms with Gasteiger partial charge in [0, 0.05) is 13.0 Å². The summed E-state index contributed by atoms with van der Waals surface area (Å²) in [6, 6.07) is 0. The van der Waals surface area contributed by atoms with Crippen LogP contribution in [0.25, 0.3) is 0 Å². The van der Waals surface area contributed by atoms with Crippen LogP contribution < -0.4 is 0 Å². The standard InChI is InChI=1S/C12H22O2/c1-4-12(9(2)13)10-6-5-7-11(8-10)14-3/h10-12H,4-8H2,1-3H3. The van der Waals surface area contributed by atoms with Crippen LogP contribution in [0.3, 0.4) is 0 Å². The number of ether oxygens (including phenoxy) is 1. The molecule has 0 heterocycles. The maximum absolute atomic E-state index is 11.4. The summed E-state index contributed by atoms with van der Waals surface area (Å²) in [5.41, 5.74) is 0. The number of hydrogen-bond acceptors (Lipinski definition) is 2. The van der Waals surface area contributed by atoms with Gasteiger partial charge in [-0.05, 0) is 38.5 Å². The molecule has 0 bridgehead atoms.